The number of hydrogen-bond donors (Lipinski definition) is 12. The van der Waals surface area contributed by atoms with Crippen LogP contribution in [0.1, 0.15) is 206 Å². The largest absolute Gasteiger partial charge is 0.394 e. The van der Waals surface area contributed by atoms with Gasteiger partial charge in [0.05, 0.1) is 38.6 Å². The highest BCUT2D eigenvalue weighted by molar-refractivity contribution is 5.76. The highest BCUT2D eigenvalue weighted by Crippen LogP contribution is 2.33. The third-order valence-corrected chi connectivity index (χ3v) is 15.1. The summed E-state index contributed by atoms with van der Waals surface area (Å²) in [6, 6.07) is -0.964. The molecule has 0 spiro atoms. The van der Waals surface area contributed by atoms with Crippen LogP contribution in [-0.4, -0.2) is 193 Å². The Morgan fingerprint density at radius 3 is 1.25 bits per heavy atom. The van der Waals surface area contributed by atoms with Gasteiger partial charge in [-0.2, -0.15) is 0 Å². The lowest BCUT2D eigenvalue weighted by Gasteiger charge is -2.48. The standard InChI is InChI=1S/C56H105NO18/c1-3-5-7-9-11-12-13-14-15-16-17-18-19-20-21-22-23-24-25-26-28-29-31-33-40(61)39(57-44(62)34-32-30-27-10-8-6-4-2)38-70-54-50(68)47(65)52(42(36-59)72-54)75-56-51(69)48(66)53(43(37-60)73-56)74-55-49(67)46(64)45(63)41(35-58)71-55/h31,33,39-43,45-56,58-61,63-69H,3-30,32,34-38H2,1-2H3,(H,57,62)/b33-31+. The second kappa shape index (κ2) is 40.7. The van der Waals surface area contributed by atoms with Crippen molar-refractivity contribution >= 4 is 5.91 Å². The van der Waals surface area contributed by atoms with Crippen molar-refractivity contribution in [3.63, 3.8) is 0 Å². The van der Waals surface area contributed by atoms with Crippen LogP contribution >= 0.6 is 0 Å². The third-order valence-electron chi connectivity index (χ3n) is 15.1. The molecule has 17 unspecified atom stereocenters. The van der Waals surface area contributed by atoms with Gasteiger partial charge in [0.25, 0.3) is 0 Å². The third kappa shape index (κ3) is 25.3. The lowest BCUT2D eigenvalue weighted by molar-refractivity contribution is -0.379. The summed E-state index contributed by atoms with van der Waals surface area (Å²) >= 11 is 0. The van der Waals surface area contributed by atoms with Crippen LogP contribution < -0.4 is 5.32 Å². The first-order valence-electron chi connectivity index (χ1n) is 29.4. The molecule has 0 aromatic rings. The van der Waals surface area contributed by atoms with E-state index < -0.39 is 124 Å². The van der Waals surface area contributed by atoms with E-state index in [1.165, 1.54) is 122 Å². The molecule has 1 amide bonds. The molecule has 3 aliphatic heterocycles. The fraction of sp³-hybridized carbons (Fsp3) is 0.946. The van der Waals surface area contributed by atoms with Gasteiger partial charge >= 0.3 is 0 Å². The summed E-state index contributed by atoms with van der Waals surface area (Å²) in [6.45, 7) is 1.67. The second-order valence-electron chi connectivity index (χ2n) is 21.5. The molecule has 0 aromatic carbocycles. The molecule has 19 nitrogen and oxygen atoms in total. The van der Waals surface area contributed by atoms with Crippen molar-refractivity contribution in [1.29, 1.82) is 0 Å². The predicted molar refractivity (Wildman–Crippen MR) is 282 cm³/mol. The van der Waals surface area contributed by atoms with Crippen LogP contribution in [0.15, 0.2) is 12.2 Å². The maximum atomic E-state index is 13.2. The van der Waals surface area contributed by atoms with E-state index in [0.717, 1.165) is 57.8 Å². The fourth-order valence-corrected chi connectivity index (χ4v) is 10.2. The number of aliphatic hydroxyl groups excluding tert-OH is 11. The van der Waals surface area contributed by atoms with Gasteiger partial charge in [0.2, 0.25) is 5.91 Å². The van der Waals surface area contributed by atoms with Crippen LogP contribution in [0, 0.1) is 0 Å². The normalized spacial score (nSPS) is 31.2. The number of carbonyl (C=O) groups is 1. The van der Waals surface area contributed by atoms with E-state index in [4.69, 9.17) is 28.4 Å². The summed E-state index contributed by atoms with van der Waals surface area (Å²) in [7, 11) is 0. The Morgan fingerprint density at radius 1 is 0.467 bits per heavy atom. The summed E-state index contributed by atoms with van der Waals surface area (Å²) in [4.78, 5) is 13.2. The van der Waals surface area contributed by atoms with E-state index in [1.807, 2.05) is 6.08 Å². The number of hydrogen-bond acceptors (Lipinski definition) is 18. The number of unbranched alkanes of at least 4 members (excludes halogenated alkanes) is 27. The van der Waals surface area contributed by atoms with E-state index in [9.17, 15) is 61.0 Å². The van der Waals surface area contributed by atoms with E-state index in [0.29, 0.717) is 6.42 Å². The lowest BCUT2D eigenvalue weighted by Crippen LogP contribution is -2.66. The molecule has 442 valence electrons. The van der Waals surface area contributed by atoms with Crippen molar-refractivity contribution in [1.82, 2.24) is 5.32 Å². The number of aliphatic hydroxyl groups is 11. The number of nitrogens with one attached hydrogen (secondary N) is 1. The summed E-state index contributed by atoms with van der Waals surface area (Å²) < 4.78 is 34.1. The zero-order valence-corrected chi connectivity index (χ0v) is 45.8. The van der Waals surface area contributed by atoms with Crippen LogP contribution in [-0.2, 0) is 33.2 Å². The molecule has 3 aliphatic rings. The molecule has 0 aliphatic carbocycles. The van der Waals surface area contributed by atoms with Gasteiger partial charge in [-0.25, -0.2) is 0 Å². The minimum absolute atomic E-state index is 0.245. The number of allylic oxidation sites excluding steroid dienone is 1. The Morgan fingerprint density at radius 2 is 0.827 bits per heavy atom. The lowest BCUT2D eigenvalue weighted by atomic mass is 9.96. The van der Waals surface area contributed by atoms with Crippen molar-refractivity contribution in [3.05, 3.63) is 12.2 Å². The Labute approximate surface area is 448 Å². The quantitative estimate of drug-likeness (QED) is 0.0293. The molecule has 3 heterocycles. The summed E-state index contributed by atoms with van der Waals surface area (Å²) in [6.07, 6.45) is 12.4. The van der Waals surface area contributed by atoms with Gasteiger partial charge in [0, 0.05) is 6.42 Å². The molecule has 0 radical (unpaired) electrons. The molecular weight excluding hydrogens is 975 g/mol. The molecule has 0 aromatic heterocycles. The molecule has 75 heavy (non-hydrogen) atoms. The number of rotatable bonds is 43. The Hall–Kier alpha value is -1.47. The molecule has 3 fully saturated rings. The van der Waals surface area contributed by atoms with Gasteiger partial charge < -0.3 is 89.9 Å². The maximum absolute atomic E-state index is 13.2. The molecule has 17 atom stereocenters. The van der Waals surface area contributed by atoms with Crippen molar-refractivity contribution < 1.29 is 89.4 Å². The first-order chi connectivity index (χ1) is 36.3. The van der Waals surface area contributed by atoms with Crippen molar-refractivity contribution in [2.45, 2.75) is 311 Å². The fourth-order valence-electron chi connectivity index (χ4n) is 10.2. The molecule has 3 rings (SSSR count). The smallest absolute Gasteiger partial charge is 0.220 e. The summed E-state index contributed by atoms with van der Waals surface area (Å²) in [5.74, 6) is -0.281. The Kier molecular flexibility index (Phi) is 36.8. The number of amides is 1. The monoisotopic (exact) mass is 1080 g/mol. The topological polar surface area (TPSA) is 307 Å². The Bertz CT molecular complexity index is 1430. The van der Waals surface area contributed by atoms with E-state index >= 15 is 0 Å². The molecule has 0 saturated carbocycles. The van der Waals surface area contributed by atoms with E-state index in [-0.39, 0.29) is 18.9 Å². The molecule has 0 bridgehead atoms. The van der Waals surface area contributed by atoms with Crippen LogP contribution in [0.4, 0.5) is 0 Å². The average molecular weight is 1080 g/mol. The molecular formula is C56H105NO18. The van der Waals surface area contributed by atoms with Gasteiger partial charge in [0.1, 0.15) is 73.2 Å². The van der Waals surface area contributed by atoms with Crippen molar-refractivity contribution in [2.75, 3.05) is 26.4 Å². The van der Waals surface area contributed by atoms with Gasteiger partial charge in [0.15, 0.2) is 18.9 Å². The van der Waals surface area contributed by atoms with Crippen LogP contribution in [0.5, 0.6) is 0 Å². The highest BCUT2D eigenvalue weighted by Gasteiger charge is 2.53. The predicted octanol–water partition coefficient (Wildman–Crippen LogP) is 4.60. The zero-order valence-electron chi connectivity index (χ0n) is 45.8. The second-order valence-corrected chi connectivity index (χ2v) is 21.5. The van der Waals surface area contributed by atoms with Crippen molar-refractivity contribution in [3.8, 4) is 0 Å². The van der Waals surface area contributed by atoms with Crippen LogP contribution in [0.3, 0.4) is 0 Å². The SMILES string of the molecule is CCCCCCCCCCCCCCCCCCCCCCC/C=C/C(O)C(COC1OC(CO)C(OC2OC(CO)C(OC3OC(CO)C(O)C(O)C3O)C(O)C2O)C(O)C1O)NC(=O)CCCCCCCCC. The number of ether oxygens (including phenoxy) is 6. The van der Waals surface area contributed by atoms with Crippen molar-refractivity contribution in [2.24, 2.45) is 0 Å². The zero-order chi connectivity index (χ0) is 54.8. The highest BCUT2D eigenvalue weighted by atomic mass is 16.8. The molecule has 19 heteroatoms. The minimum atomic E-state index is -1.97. The van der Waals surface area contributed by atoms with Gasteiger partial charge in [-0.1, -0.05) is 193 Å². The van der Waals surface area contributed by atoms with Gasteiger partial charge in [-0.3, -0.25) is 4.79 Å². The maximum Gasteiger partial charge on any atom is 0.220 e. The molecule has 12 N–H and O–H groups in total. The van der Waals surface area contributed by atoms with Crippen LogP contribution in [0.2, 0.25) is 0 Å². The molecule has 3 saturated heterocycles. The van der Waals surface area contributed by atoms with E-state index in [1.54, 1.807) is 6.08 Å². The Balaban J connectivity index is 1.45. The van der Waals surface area contributed by atoms with Gasteiger partial charge in [-0.05, 0) is 19.3 Å². The first kappa shape index (κ1) is 67.8. The summed E-state index contributed by atoms with van der Waals surface area (Å²) in [5.41, 5.74) is 0. The number of carbonyl (C=O) groups excluding carboxylic acids is 1. The average Bonchev–Trinajstić information content (AvgIpc) is 3.41. The van der Waals surface area contributed by atoms with Crippen LogP contribution in [0.25, 0.3) is 0 Å². The first-order valence-corrected chi connectivity index (χ1v) is 29.4. The van der Waals surface area contributed by atoms with E-state index in [2.05, 4.69) is 19.2 Å². The van der Waals surface area contributed by atoms with Gasteiger partial charge in [-0.15, -0.1) is 0 Å². The summed E-state index contributed by atoms with van der Waals surface area (Å²) in [5, 5.41) is 120. The minimum Gasteiger partial charge on any atom is -0.394 e.